The van der Waals surface area contributed by atoms with E-state index in [1.54, 1.807) is 19.1 Å². The van der Waals surface area contributed by atoms with Gasteiger partial charge in [0.2, 0.25) is 0 Å². The number of rotatable bonds is 8. The highest BCUT2D eigenvalue weighted by atomic mass is 32.1. The highest BCUT2D eigenvalue weighted by Gasteiger charge is 2.28. The van der Waals surface area contributed by atoms with Gasteiger partial charge in [-0.25, -0.2) is 4.79 Å². The quantitative estimate of drug-likeness (QED) is 0.364. The number of amides is 1. The van der Waals surface area contributed by atoms with E-state index in [-0.39, 0.29) is 24.9 Å². The first-order valence-corrected chi connectivity index (χ1v) is 12.6. The van der Waals surface area contributed by atoms with Crippen LogP contribution in [0.5, 0.6) is 5.75 Å². The summed E-state index contributed by atoms with van der Waals surface area (Å²) in [4.78, 5) is 26.7. The number of fused-ring (bicyclic) bond motifs is 1. The monoisotopic (exact) mass is 481 g/mol. The highest BCUT2D eigenvalue weighted by Crippen LogP contribution is 2.39. The Kier molecular flexibility index (Phi) is 7.41. The van der Waals surface area contributed by atoms with Gasteiger partial charge in [0.1, 0.15) is 23.1 Å². The Morgan fingerprint density at radius 3 is 2.71 bits per heavy atom. The Morgan fingerprint density at radius 1 is 1.15 bits per heavy atom. The molecule has 6 nitrogen and oxygen atoms in total. The van der Waals surface area contributed by atoms with Crippen LogP contribution in [0.25, 0.3) is 0 Å². The smallest absolute Gasteiger partial charge is 0.341 e. The first kappa shape index (κ1) is 24.1. The number of hydrogen-bond acceptors (Lipinski definition) is 6. The average molecular weight is 482 g/mol. The third-order valence-corrected chi connectivity index (χ3v) is 7.13. The molecule has 180 valence electrons. The number of carbonyl (C=O) groups excluding carboxylic acids is 2. The van der Waals surface area contributed by atoms with Gasteiger partial charge in [0, 0.05) is 4.88 Å². The molecule has 0 fully saturated rings. The van der Waals surface area contributed by atoms with Crippen molar-refractivity contribution in [3.63, 3.8) is 0 Å². The van der Waals surface area contributed by atoms with E-state index < -0.39 is 5.91 Å². The van der Waals surface area contributed by atoms with Crippen LogP contribution in [0, 0.1) is 6.92 Å². The van der Waals surface area contributed by atoms with Crippen LogP contribution in [0.2, 0.25) is 0 Å². The second-order valence-electron chi connectivity index (χ2n) is 8.84. The van der Waals surface area contributed by atoms with Gasteiger partial charge in [0.05, 0.1) is 12.2 Å². The third-order valence-electron chi connectivity index (χ3n) is 5.92. The molecule has 0 saturated heterocycles. The zero-order valence-electron chi connectivity index (χ0n) is 20.2. The van der Waals surface area contributed by atoms with Crippen LogP contribution in [0.15, 0.2) is 34.7 Å². The van der Waals surface area contributed by atoms with Crippen molar-refractivity contribution in [2.45, 2.75) is 65.9 Å². The minimum atomic E-state index is -0.395. The molecule has 34 heavy (non-hydrogen) atoms. The van der Waals surface area contributed by atoms with Gasteiger partial charge < -0.3 is 19.2 Å². The molecule has 1 aromatic carbocycles. The van der Waals surface area contributed by atoms with Gasteiger partial charge >= 0.3 is 5.97 Å². The Hall–Kier alpha value is -3.06. The molecule has 0 saturated carbocycles. The van der Waals surface area contributed by atoms with Crippen LogP contribution < -0.4 is 10.1 Å². The van der Waals surface area contributed by atoms with E-state index in [0.717, 1.165) is 53.0 Å². The summed E-state index contributed by atoms with van der Waals surface area (Å²) in [7, 11) is 0. The van der Waals surface area contributed by atoms with Gasteiger partial charge in [0.25, 0.3) is 5.91 Å². The first-order chi connectivity index (χ1) is 16.4. The second-order valence-corrected chi connectivity index (χ2v) is 9.95. The molecule has 0 aliphatic heterocycles. The molecular formula is C27H31NO5S. The third kappa shape index (κ3) is 5.20. The summed E-state index contributed by atoms with van der Waals surface area (Å²) in [5.74, 6) is 1.10. The fourth-order valence-electron chi connectivity index (χ4n) is 4.21. The molecule has 0 unspecified atom stereocenters. The molecule has 1 aliphatic rings. The molecule has 3 aromatic rings. The number of nitrogens with one attached hydrogen (secondary N) is 1. The molecule has 2 heterocycles. The van der Waals surface area contributed by atoms with Crippen LogP contribution >= 0.6 is 11.3 Å². The molecule has 1 aliphatic carbocycles. The second kappa shape index (κ2) is 10.5. The summed E-state index contributed by atoms with van der Waals surface area (Å²) in [6.07, 6.45) is 3.87. The van der Waals surface area contributed by atoms with Crippen LogP contribution in [0.3, 0.4) is 0 Å². The molecule has 7 heteroatoms. The van der Waals surface area contributed by atoms with Gasteiger partial charge in [-0.2, -0.15) is 0 Å². The molecule has 0 radical (unpaired) electrons. The fraction of sp³-hybridized carbons (Fsp3) is 0.407. The van der Waals surface area contributed by atoms with Crippen molar-refractivity contribution in [3.05, 3.63) is 69.0 Å². The van der Waals surface area contributed by atoms with Gasteiger partial charge in [-0.3, -0.25) is 4.79 Å². The van der Waals surface area contributed by atoms with Gasteiger partial charge in [-0.05, 0) is 80.3 Å². The lowest BCUT2D eigenvalue weighted by Gasteiger charge is -2.14. The summed E-state index contributed by atoms with van der Waals surface area (Å²) in [5.41, 5.74) is 3.75. The Labute approximate surface area is 204 Å². The van der Waals surface area contributed by atoms with Crippen LogP contribution in [-0.2, 0) is 24.2 Å². The minimum Gasteiger partial charge on any atom is -0.485 e. The Morgan fingerprint density at radius 2 is 1.94 bits per heavy atom. The van der Waals surface area contributed by atoms with Crippen LogP contribution in [0.4, 0.5) is 5.00 Å². The van der Waals surface area contributed by atoms with E-state index in [1.807, 2.05) is 13.0 Å². The minimum absolute atomic E-state index is 0.174. The Bertz CT molecular complexity index is 1190. The number of carbonyl (C=O) groups is 2. The lowest BCUT2D eigenvalue weighted by Crippen LogP contribution is -2.15. The number of aryl methyl sites for hydroxylation is 2. The van der Waals surface area contributed by atoms with Crippen molar-refractivity contribution in [1.82, 2.24) is 0 Å². The molecule has 4 rings (SSSR count). The maximum Gasteiger partial charge on any atom is 0.341 e. The molecule has 2 aromatic heterocycles. The average Bonchev–Trinajstić information content (AvgIpc) is 3.42. The SMILES string of the molecule is CCOC(=O)c1c(NC(=O)c2ccc(COc3cc(C)ccc3C(C)C)o2)sc2c1CCCC2. The van der Waals surface area contributed by atoms with Gasteiger partial charge in [-0.1, -0.05) is 26.0 Å². The number of hydrogen-bond donors (Lipinski definition) is 1. The van der Waals surface area contributed by atoms with E-state index >= 15 is 0 Å². The summed E-state index contributed by atoms with van der Waals surface area (Å²) >= 11 is 1.46. The first-order valence-electron chi connectivity index (χ1n) is 11.8. The van der Waals surface area contributed by atoms with Crippen LogP contribution in [0.1, 0.15) is 87.8 Å². The van der Waals surface area contributed by atoms with Crippen molar-refractivity contribution in [3.8, 4) is 5.75 Å². The maximum absolute atomic E-state index is 12.9. The lowest BCUT2D eigenvalue weighted by atomic mass is 9.95. The topological polar surface area (TPSA) is 77.8 Å². The summed E-state index contributed by atoms with van der Waals surface area (Å²) in [5, 5.41) is 3.42. The molecule has 1 amide bonds. The molecule has 1 N–H and O–H groups in total. The van der Waals surface area contributed by atoms with Crippen molar-refractivity contribution in [1.29, 1.82) is 0 Å². The standard InChI is InChI=1S/C27H31NO5S/c1-5-31-27(30)24-20-8-6-7-9-23(20)34-26(24)28-25(29)21-13-11-18(33-21)15-32-22-14-17(4)10-12-19(22)16(2)3/h10-14,16H,5-9,15H2,1-4H3,(H,28,29). The van der Waals surface area contributed by atoms with Crippen molar-refractivity contribution in [2.24, 2.45) is 0 Å². The molecular weight excluding hydrogens is 450 g/mol. The van der Waals surface area contributed by atoms with E-state index in [1.165, 1.54) is 11.3 Å². The van der Waals surface area contributed by atoms with Gasteiger partial charge in [0.15, 0.2) is 5.76 Å². The van der Waals surface area contributed by atoms with E-state index in [2.05, 4.69) is 31.3 Å². The van der Waals surface area contributed by atoms with E-state index in [4.69, 9.17) is 13.9 Å². The fourth-order valence-corrected chi connectivity index (χ4v) is 5.48. The molecule has 0 bridgehead atoms. The zero-order chi connectivity index (χ0) is 24.2. The normalized spacial score (nSPS) is 13.0. The lowest BCUT2D eigenvalue weighted by molar-refractivity contribution is 0.0526. The summed E-state index contributed by atoms with van der Waals surface area (Å²) in [6, 6.07) is 9.54. The van der Waals surface area contributed by atoms with Crippen molar-refractivity contribution in [2.75, 3.05) is 11.9 Å². The zero-order valence-corrected chi connectivity index (χ0v) is 21.0. The van der Waals surface area contributed by atoms with Crippen LogP contribution in [-0.4, -0.2) is 18.5 Å². The maximum atomic E-state index is 12.9. The predicted molar refractivity (Wildman–Crippen MR) is 133 cm³/mol. The van der Waals surface area contributed by atoms with E-state index in [0.29, 0.717) is 22.2 Å². The molecule has 0 atom stereocenters. The summed E-state index contributed by atoms with van der Waals surface area (Å²) in [6.45, 7) is 8.57. The number of furan rings is 1. The number of benzene rings is 1. The van der Waals surface area contributed by atoms with Crippen molar-refractivity contribution >= 4 is 28.2 Å². The molecule has 0 spiro atoms. The predicted octanol–water partition coefficient (Wildman–Crippen LogP) is 6.66. The number of thiophene rings is 1. The van der Waals surface area contributed by atoms with Crippen molar-refractivity contribution < 1.29 is 23.5 Å². The van der Waals surface area contributed by atoms with E-state index in [9.17, 15) is 9.59 Å². The number of anilines is 1. The largest absolute Gasteiger partial charge is 0.485 e. The van der Waals surface area contributed by atoms with Gasteiger partial charge in [-0.15, -0.1) is 11.3 Å². The Balaban J connectivity index is 1.48. The number of ether oxygens (including phenoxy) is 2. The highest BCUT2D eigenvalue weighted by molar-refractivity contribution is 7.17. The number of esters is 1. The summed E-state index contributed by atoms with van der Waals surface area (Å²) < 4.78 is 17.1.